The lowest BCUT2D eigenvalue weighted by atomic mass is 10.1. The summed E-state index contributed by atoms with van der Waals surface area (Å²) >= 11 is 0. The lowest BCUT2D eigenvalue weighted by Crippen LogP contribution is -1.81. The van der Waals surface area contributed by atoms with Gasteiger partial charge in [-0.25, -0.2) is 0 Å². The third kappa shape index (κ3) is 19.1. The number of rotatable bonds is 16. The molecule has 130 valence electrons. The summed E-state index contributed by atoms with van der Waals surface area (Å²) in [5.41, 5.74) is 0. The van der Waals surface area contributed by atoms with Crippen LogP contribution in [0.2, 0.25) is 0 Å². The van der Waals surface area contributed by atoms with Gasteiger partial charge in [-0.15, -0.1) is 0 Å². The maximum atomic E-state index is 8.59. The molecule has 0 radical (unpaired) electrons. The minimum atomic E-state index is -0.534. The second-order valence-electron chi connectivity index (χ2n) is 6.29. The van der Waals surface area contributed by atoms with Crippen molar-refractivity contribution in [2.45, 2.75) is 103 Å². The van der Waals surface area contributed by atoms with Crippen molar-refractivity contribution in [3.8, 4) is 0 Å². The largest absolute Gasteiger partial charge is 0.481 e. The minimum Gasteiger partial charge on any atom is -0.481 e. The first-order valence-corrected chi connectivity index (χ1v) is 9.50. The van der Waals surface area contributed by atoms with Gasteiger partial charge in [0.1, 0.15) is 0 Å². The third-order valence-corrected chi connectivity index (χ3v) is 4.04. The normalized spacial score (nSPS) is 11.1. The molecule has 0 saturated carbocycles. The van der Waals surface area contributed by atoms with Gasteiger partial charge in [0, 0.05) is 0 Å². The fourth-order valence-electron chi connectivity index (χ4n) is 2.62. The van der Waals surface area contributed by atoms with E-state index in [2.05, 4.69) is 19.1 Å². The Labute approximate surface area is 138 Å². The van der Waals surface area contributed by atoms with Crippen molar-refractivity contribution in [1.29, 1.82) is 0 Å². The van der Waals surface area contributed by atoms with Gasteiger partial charge in [-0.2, -0.15) is 0 Å². The minimum absolute atomic E-state index is 0.534. The Kier molecular flexibility index (Phi) is 17.4. The first-order chi connectivity index (χ1) is 10.8. The molecule has 0 aromatic heterocycles. The monoisotopic (exact) mass is 310 g/mol. The highest BCUT2D eigenvalue weighted by Crippen LogP contribution is 2.10. The Morgan fingerprint density at radius 2 is 1.00 bits per heavy atom. The number of hydrogen-bond acceptors (Lipinski definition) is 2. The molecule has 0 saturated heterocycles. The summed E-state index contributed by atoms with van der Waals surface area (Å²) in [6, 6.07) is 0. The molecule has 0 aliphatic carbocycles. The Bertz CT molecular complexity index is 265. The van der Waals surface area contributed by atoms with Crippen molar-refractivity contribution >= 4 is 0 Å². The second-order valence-corrected chi connectivity index (χ2v) is 6.29. The zero-order valence-electron chi connectivity index (χ0n) is 14.7. The zero-order chi connectivity index (χ0) is 16.3. The molecule has 0 fully saturated rings. The lowest BCUT2D eigenvalue weighted by molar-refractivity contribution is 0.189. The van der Waals surface area contributed by atoms with Crippen molar-refractivity contribution in [3.05, 3.63) is 24.2 Å². The molecular weight excluding hydrogens is 272 g/mol. The summed E-state index contributed by atoms with van der Waals surface area (Å²) < 4.78 is 0. The predicted molar refractivity (Wildman–Crippen MR) is 97.4 cm³/mol. The van der Waals surface area contributed by atoms with E-state index in [0.717, 1.165) is 12.8 Å². The van der Waals surface area contributed by atoms with E-state index in [1.54, 1.807) is 0 Å². The highest BCUT2D eigenvalue weighted by Gasteiger charge is 1.91. The molecule has 0 rings (SSSR count). The van der Waals surface area contributed by atoms with E-state index >= 15 is 0 Å². The van der Waals surface area contributed by atoms with Crippen LogP contribution >= 0.6 is 0 Å². The van der Waals surface area contributed by atoms with E-state index in [9.17, 15) is 0 Å². The van der Waals surface area contributed by atoms with Crippen LogP contribution in [-0.2, 0) is 0 Å². The van der Waals surface area contributed by atoms with Gasteiger partial charge in [-0.1, -0.05) is 76.9 Å². The van der Waals surface area contributed by atoms with Crippen LogP contribution in [0.15, 0.2) is 24.2 Å². The zero-order valence-corrected chi connectivity index (χ0v) is 14.7. The molecule has 2 heteroatoms. The van der Waals surface area contributed by atoms with Crippen molar-refractivity contribution < 1.29 is 10.2 Å². The number of unbranched alkanes of at least 4 members (excludes halogenated alkanes) is 13. The molecule has 22 heavy (non-hydrogen) atoms. The summed E-state index contributed by atoms with van der Waals surface area (Å²) in [5.74, 6) is -0.534. The van der Waals surface area contributed by atoms with Crippen LogP contribution in [0.3, 0.4) is 0 Å². The maximum absolute atomic E-state index is 8.59. The van der Waals surface area contributed by atoms with E-state index in [4.69, 9.17) is 10.2 Å². The highest BCUT2D eigenvalue weighted by atomic mass is 16.5. The van der Waals surface area contributed by atoms with Crippen molar-refractivity contribution in [2.24, 2.45) is 0 Å². The first-order valence-electron chi connectivity index (χ1n) is 9.50. The highest BCUT2D eigenvalue weighted by molar-refractivity contribution is 4.81. The fourth-order valence-corrected chi connectivity index (χ4v) is 2.62. The topological polar surface area (TPSA) is 40.5 Å². The van der Waals surface area contributed by atoms with Crippen LogP contribution in [0.1, 0.15) is 103 Å². The summed E-state index contributed by atoms with van der Waals surface area (Å²) in [5, 5.41) is 17.2. The van der Waals surface area contributed by atoms with E-state index in [-0.39, 0.29) is 0 Å². The van der Waals surface area contributed by atoms with Gasteiger partial charge >= 0.3 is 0 Å². The molecule has 0 bridgehead atoms. The molecule has 0 spiro atoms. The molecule has 0 aliphatic heterocycles. The van der Waals surface area contributed by atoms with Gasteiger partial charge in [0.25, 0.3) is 5.95 Å². The maximum Gasteiger partial charge on any atom is 0.269 e. The van der Waals surface area contributed by atoms with E-state index in [1.165, 1.54) is 89.5 Å². The SMILES string of the molecule is CCCCCCCC/C=C\CCCCCCCCC=C(O)O. The Balaban J connectivity index is 3.10. The van der Waals surface area contributed by atoms with Gasteiger partial charge in [0.15, 0.2) is 0 Å². The molecule has 2 nitrogen and oxygen atoms in total. The second kappa shape index (κ2) is 18.1. The van der Waals surface area contributed by atoms with Crippen molar-refractivity contribution in [2.75, 3.05) is 0 Å². The van der Waals surface area contributed by atoms with Crippen molar-refractivity contribution in [1.82, 2.24) is 0 Å². The summed E-state index contributed by atoms with van der Waals surface area (Å²) in [6.07, 6.45) is 25.3. The average Bonchev–Trinajstić information content (AvgIpc) is 2.50. The van der Waals surface area contributed by atoms with Crippen LogP contribution in [-0.4, -0.2) is 10.2 Å². The Morgan fingerprint density at radius 1 is 0.591 bits per heavy atom. The van der Waals surface area contributed by atoms with Gasteiger partial charge in [0.2, 0.25) is 0 Å². The van der Waals surface area contributed by atoms with Crippen LogP contribution in [0.5, 0.6) is 0 Å². The van der Waals surface area contributed by atoms with E-state index in [1.807, 2.05) is 0 Å². The number of allylic oxidation sites excluding steroid dienone is 3. The van der Waals surface area contributed by atoms with Gasteiger partial charge < -0.3 is 10.2 Å². The molecule has 0 aromatic rings. The molecule has 0 aliphatic rings. The quantitative estimate of drug-likeness (QED) is 0.177. The number of hydrogen-bond donors (Lipinski definition) is 2. The lowest BCUT2D eigenvalue weighted by Gasteiger charge is -2.00. The van der Waals surface area contributed by atoms with Crippen molar-refractivity contribution in [3.63, 3.8) is 0 Å². The smallest absolute Gasteiger partial charge is 0.269 e. The Hall–Kier alpha value is -0.920. The standard InChI is InChI=1S/C20H38O2/c1-2-3-4-5-6-7-8-9-10-11-12-13-14-15-16-17-18-19-20(21)22/h9-10,19,21-22H,2-8,11-18H2,1H3/b10-9-. The number of aliphatic hydroxyl groups excluding tert-OH is 1. The van der Waals surface area contributed by atoms with Gasteiger partial charge in [0.05, 0.1) is 0 Å². The van der Waals surface area contributed by atoms with Crippen LogP contribution in [0, 0.1) is 0 Å². The molecule has 0 aromatic carbocycles. The summed E-state index contributed by atoms with van der Waals surface area (Å²) in [7, 11) is 0. The van der Waals surface area contributed by atoms with E-state index in [0.29, 0.717) is 0 Å². The molecular formula is C20H38O2. The fraction of sp³-hybridized carbons (Fsp3) is 0.800. The molecule has 0 atom stereocenters. The third-order valence-electron chi connectivity index (χ3n) is 4.04. The molecule has 0 heterocycles. The van der Waals surface area contributed by atoms with Crippen LogP contribution in [0.25, 0.3) is 0 Å². The summed E-state index contributed by atoms with van der Waals surface area (Å²) in [6.45, 7) is 2.27. The average molecular weight is 311 g/mol. The van der Waals surface area contributed by atoms with Gasteiger partial charge in [-0.05, 0) is 44.6 Å². The van der Waals surface area contributed by atoms with Crippen LogP contribution in [0.4, 0.5) is 0 Å². The molecule has 0 unspecified atom stereocenters. The van der Waals surface area contributed by atoms with Crippen LogP contribution < -0.4 is 0 Å². The molecule has 0 amide bonds. The molecule has 2 N–H and O–H groups in total. The van der Waals surface area contributed by atoms with E-state index < -0.39 is 5.95 Å². The summed E-state index contributed by atoms with van der Waals surface area (Å²) in [4.78, 5) is 0. The predicted octanol–water partition coefficient (Wildman–Crippen LogP) is 7.37. The Morgan fingerprint density at radius 3 is 1.45 bits per heavy atom. The van der Waals surface area contributed by atoms with Gasteiger partial charge in [-0.3, -0.25) is 0 Å². The first kappa shape index (κ1) is 21.1. The number of aliphatic hydroxyl groups is 2.